The average Bonchev–Trinajstić information content (AvgIpc) is 2.42. The Bertz CT molecular complexity index is 596. The summed E-state index contributed by atoms with van der Waals surface area (Å²) in [6.07, 6.45) is 2.03. The molecule has 0 aliphatic heterocycles. The number of halogens is 1. The predicted molar refractivity (Wildman–Crippen MR) is 85.1 cm³/mol. The van der Waals surface area contributed by atoms with Gasteiger partial charge in [-0.3, -0.25) is 4.79 Å². The summed E-state index contributed by atoms with van der Waals surface area (Å²) in [6, 6.07) is 13.5. The summed E-state index contributed by atoms with van der Waals surface area (Å²) >= 11 is 5.13. The molecule has 0 spiro atoms. The van der Waals surface area contributed by atoms with E-state index in [1.807, 2.05) is 55.6 Å². The second-order valence-corrected chi connectivity index (χ2v) is 5.79. The molecule has 0 radical (unpaired) electrons. The molecule has 0 aliphatic carbocycles. The Morgan fingerprint density at radius 3 is 2.47 bits per heavy atom. The number of rotatable bonds is 3. The minimum atomic E-state index is -0.104. The summed E-state index contributed by atoms with van der Waals surface area (Å²) in [6.45, 7) is 1.97. The van der Waals surface area contributed by atoms with Gasteiger partial charge in [-0.05, 0) is 65.0 Å². The van der Waals surface area contributed by atoms with Crippen molar-refractivity contribution in [2.75, 3.05) is 11.6 Å². The molecule has 0 aromatic heterocycles. The monoisotopic (exact) mass is 335 g/mol. The molecular weight excluding hydrogens is 322 g/mol. The number of hydrogen-bond donors (Lipinski definition) is 1. The fourth-order valence-corrected chi connectivity index (χ4v) is 2.55. The van der Waals surface area contributed by atoms with Crippen molar-refractivity contribution in [1.82, 2.24) is 0 Å². The maximum Gasteiger partial charge on any atom is 0.256 e. The lowest BCUT2D eigenvalue weighted by atomic mass is 10.1. The standard InChI is InChI=1S/C15H14BrNOS/c1-10-4-3-5-13(14(10)16)15(18)17-11-6-8-12(19-2)9-7-11/h3-9H,1-2H3,(H,17,18). The molecule has 0 saturated heterocycles. The number of carbonyl (C=O) groups is 1. The van der Waals surface area contributed by atoms with E-state index in [1.165, 1.54) is 4.90 Å². The third kappa shape index (κ3) is 3.39. The predicted octanol–water partition coefficient (Wildman–Crippen LogP) is 4.73. The third-order valence-corrected chi connectivity index (χ3v) is 4.58. The van der Waals surface area contributed by atoms with Gasteiger partial charge in [-0.25, -0.2) is 0 Å². The Morgan fingerprint density at radius 1 is 1.16 bits per heavy atom. The first-order valence-electron chi connectivity index (χ1n) is 5.82. The van der Waals surface area contributed by atoms with Crippen LogP contribution in [0.3, 0.4) is 0 Å². The summed E-state index contributed by atoms with van der Waals surface area (Å²) in [4.78, 5) is 13.4. The molecule has 0 atom stereocenters. The van der Waals surface area contributed by atoms with Crippen LogP contribution in [0.5, 0.6) is 0 Å². The molecule has 4 heteroatoms. The third-order valence-electron chi connectivity index (χ3n) is 2.78. The summed E-state index contributed by atoms with van der Waals surface area (Å²) in [5.74, 6) is -0.104. The Hall–Kier alpha value is -1.26. The number of thioether (sulfide) groups is 1. The lowest BCUT2D eigenvalue weighted by molar-refractivity contribution is 0.102. The van der Waals surface area contributed by atoms with Gasteiger partial charge in [-0.15, -0.1) is 11.8 Å². The van der Waals surface area contributed by atoms with Crippen molar-refractivity contribution in [2.24, 2.45) is 0 Å². The topological polar surface area (TPSA) is 29.1 Å². The Kier molecular flexibility index (Phi) is 4.66. The number of carbonyl (C=O) groups excluding carboxylic acids is 1. The number of nitrogens with one attached hydrogen (secondary N) is 1. The lowest BCUT2D eigenvalue weighted by Crippen LogP contribution is -2.12. The maximum atomic E-state index is 12.2. The SMILES string of the molecule is CSc1ccc(NC(=O)c2cccc(C)c2Br)cc1. The van der Waals surface area contributed by atoms with Gasteiger partial charge in [0.05, 0.1) is 5.56 Å². The van der Waals surface area contributed by atoms with Crippen LogP contribution >= 0.6 is 27.7 Å². The molecule has 0 saturated carbocycles. The zero-order valence-corrected chi connectivity index (χ0v) is 13.1. The molecule has 0 fully saturated rings. The van der Waals surface area contributed by atoms with Crippen LogP contribution in [-0.2, 0) is 0 Å². The van der Waals surface area contributed by atoms with Crippen LogP contribution in [0.15, 0.2) is 51.8 Å². The number of anilines is 1. The molecule has 1 amide bonds. The fourth-order valence-electron chi connectivity index (χ4n) is 1.70. The summed E-state index contributed by atoms with van der Waals surface area (Å²) < 4.78 is 0.841. The molecule has 2 rings (SSSR count). The van der Waals surface area contributed by atoms with Crippen molar-refractivity contribution < 1.29 is 4.79 Å². The lowest BCUT2D eigenvalue weighted by Gasteiger charge is -2.08. The van der Waals surface area contributed by atoms with Crippen LogP contribution in [-0.4, -0.2) is 12.2 Å². The molecule has 98 valence electrons. The van der Waals surface area contributed by atoms with Crippen LogP contribution in [0.1, 0.15) is 15.9 Å². The molecule has 0 bridgehead atoms. The van der Waals surface area contributed by atoms with E-state index in [9.17, 15) is 4.79 Å². The first kappa shape index (κ1) is 14.2. The number of benzene rings is 2. The van der Waals surface area contributed by atoms with E-state index in [0.29, 0.717) is 5.56 Å². The van der Waals surface area contributed by atoms with Crippen LogP contribution in [0.2, 0.25) is 0 Å². The van der Waals surface area contributed by atoms with E-state index in [1.54, 1.807) is 11.8 Å². The second-order valence-electron chi connectivity index (χ2n) is 4.12. The van der Waals surface area contributed by atoms with Gasteiger partial charge < -0.3 is 5.32 Å². The highest BCUT2D eigenvalue weighted by Gasteiger charge is 2.11. The normalized spacial score (nSPS) is 10.3. The first-order chi connectivity index (χ1) is 9.11. The maximum absolute atomic E-state index is 12.2. The molecule has 0 unspecified atom stereocenters. The zero-order chi connectivity index (χ0) is 13.8. The van der Waals surface area contributed by atoms with Crippen LogP contribution < -0.4 is 5.32 Å². The van der Waals surface area contributed by atoms with Gasteiger partial charge in [0.15, 0.2) is 0 Å². The molecular formula is C15H14BrNOS. The van der Waals surface area contributed by atoms with Gasteiger partial charge in [0, 0.05) is 15.1 Å². The summed E-state index contributed by atoms with van der Waals surface area (Å²) in [5.41, 5.74) is 2.50. The number of amides is 1. The van der Waals surface area contributed by atoms with E-state index in [-0.39, 0.29) is 5.91 Å². The molecule has 1 N–H and O–H groups in total. The van der Waals surface area contributed by atoms with Gasteiger partial charge in [-0.1, -0.05) is 12.1 Å². The van der Waals surface area contributed by atoms with E-state index in [0.717, 1.165) is 15.7 Å². The zero-order valence-electron chi connectivity index (χ0n) is 10.7. The average molecular weight is 336 g/mol. The Labute approximate surface area is 125 Å². The number of hydrogen-bond acceptors (Lipinski definition) is 2. The van der Waals surface area contributed by atoms with Crippen molar-refractivity contribution in [3.63, 3.8) is 0 Å². The molecule has 0 heterocycles. The van der Waals surface area contributed by atoms with Gasteiger partial charge in [0.25, 0.3) is 5.91 Å². The Balaban J connectivity index is 2.18. The van der Waals surface area contributed by atoms with Crippen molar-refractivity contribution in [1.29, 1.82) is 0 Å². The minimum Gasteiger partial charge on any atom is -0.322 e. The van der Waals surface area contributed by atoms with Crippen molar-refractivity contribution in [3.05, 3.63) is 58.1 Å². The smallest absolute Gasteiger partial charge is 0.256 e. The van der Waals surface area contributed by atoms with E-state index < -0.39 is 0 Å². The van der Waals surface area contributed by atoms with Gasteiger partial charge >= 0.3 is 0 Å². The van der Waals surface area contributed by atoms with Crippen molar-refractivity contribution in [3.8, 4) is 0 Å². The van der Waals surface area contributed by atoms with Crippen LogP contribution in [0.25, 0.3) is 0 Å². The number of aryl methyl sites for hydroxylation is 1. The van der Waals surface area contributed by atoms with Gasteiger partial charge in [0.1, 0.15) is 0 Å². The quantitative estimate of drug-likeness (QED) is 0.821. The van der Waals surface area contributed by atoms with Crippen LogP contribution in [0, 0.1) is 6.92 Å². The largest absolute Gasteiger partial charge is 0.322 e. The van der Waals surface area contributed by atoms with E-state index in [2.05, 4.69) is 21.2 Å². The molecule has 2 aromatic rings. The van der Waals surface area contributed by atoms with Crippen LogP contribution in [0.4, 0.5) is 5.69 Å². The highest BCUT2D eigenvalue weighted by atomic mass is 79.9. The molecule has 2 aromatic carbocycles. The van der Waals surface area contributed by atoms with E-state index >= 15 is 0 Å². The molecule has 19 heavy (non-hydrogen) atoms. The highest BCUT2D eigenvalue weighted by Crippen LogP contribution is 2.23. The summed E-state index contributed by atoms with van der Waals surface area (Å²) in [7, 11) is 0. The minimum absolute atomic E-state index is 0.104. The molecule has 2 nitrogen and oxygen atoms in total. The van der Waals surface area contributed by atoms with Crippen molar-refractivity contribution >= 4 is 39.3 Å². The summed E-state index contributed by atoms with van der Waals surface area (Å²) in [5, 5.41) is 2.90. The van der Waals surface area contributed by atoms with E-state index in [4.69, 9.17) is 0 Å². The highest BCUT2D eigenvalue weighted by molar-refractivity contribution is 9.10. The van der Waals surface area contributed by atoms with Crippen molar-refractivity contribution in [2.45, 2.75) is 11.8 Å². The van der Waals surface area contributed by atoms with Gasteiger partial charge in [0.2, 0.25) is 0 Å². The second kappa shape index (κ2) is 6.26. The Morgan fingerprint density at radius 2 is 1.84 bits per heavy atom. The molecule has 0 aliphatic rings. The fraction of sp³-hybridized carbons (Fsp3) is 0.133. The van der Waals surface area contributed by atoms with Gasteiger partial charge in [-0.2, -0.15) is 0 Å². The first-order valence-corrected chi connectivity index (χ1v) is 7.84.